The smallest absolute Gasteiger partial charge is 0.491 e. The van der Waals surface area contributed by atoms with Crippen LogP contribution in [0.25, 0.3) is 0 Å². The number of rotatable bonds is 22. The number of benzene rings is 2. The average Bonchev–Trinajstić information content (AvgIpc) is 3.24. The molecule has 1 heterocycles. The van der Waals surface area contributed by atoms with Gasteiger partial charge in [-0.2, -0.15) is 0 Å². The topological polar surface area (TPSA) is 127 Å². The third-order valence-electron chi connectivity index (χ3n) is 12.5. The Morgan fingerprint density at radius 3 is 2.30 bits per heavy atom. The lowest BCUT2D eigenvalue weighted by molar-refractivity contribution is -0.161. The first-order valence-electron chi connectivity index (χ1n) is 23.0. The van der Waals surface area contributed by atoms with Crippen molar-refractivity contribution in [2.45, 2.75) is 137 Å². The van der Waals surface area contributed by atoms with Gasteiger partial charge in [0.05, 0.1) is 30.8 Å². The second-order valence-corrected chi connectivity index (χ2v) is 22.1. The van der Waals surface area contributed by atoms with E-state index in [0.717, 1.165) is 32.3 Å². The molecule has 2 aromatic rings. The molecule has 0 aromatic heterocycles. The van der Waals surface area contributed by atoms with Gasteiger partial charge < -0.3 is 33.5 Å². The van der Waals surface area contributed by atoms with Gasteiger partial charge in [0.2, 0.25) is 0 Å². The number of ether oxygens (including phenoxy) is 6. The second kappa shape index (κ2) is 24.2. The average molecular weight is 909 g/mol. The number of esters is 2. The summed E-state index contributed by atoms with van der Waals surface area (Å²) in [5, 5.41) is 10.5. The fourth-order valence-corrected chi connectivity index (χ4v) is 10.0. The summed E-state index contributed by atoms with van der Waals surface area (Å²) in [5.41, 5.74) is 4.47. The van der Waals surface area contributed by atoms with E-state index in [1.165, 1.54) is 38.3 Å². The number of carbonyl (C=O) groups is 3. The summed E-state index contributed by atoms with van der Waals surface area (Å²) >= 11 is 0. The number of allylic oxidation sites excluding steroid dienone is 3. The standard InChI is InChI=1S/C51H72O10S2/c1-9-51(7,8)33-59-45-29-34(2)28-38-14-10-35(3)44(47(38)45)23-22-42-30-43(31-46(53)60-42)61-49(55)57-25-27-63-62-26-24-56-48(54)37-15-20-41(21-16-37)58-32-40(52)19-13-36-11-17-39(18-12-36)50(4,5)6/h10-12,14-18,20-21,28,34-35,40,42-45,47,52H,9,13,19,22-27,29-33H2,1-8H3/t34-,35-,40?,42+,43+,44-,45-,47-/m0/s1. The monoisotopic (exact) mass is 908 g/mol. The van der Waals surface area contributed by atoms with Crippen molar-refractivity contribution in [2.75, 3.05) is 37.9 Å². The van der Waals surface area contributed by atoms with E-state index in [0.29, 0.717) is 65.8 Å². The number of cyclic esters (lactones) is 1. The molecule has 348 valence electrons. The molecule has 8 atom stereocenters. The van der Waals surface area contributed by atoms with Gasteiger partial charge >= 0.3 is 18.1 Å². The van der Waals surface area contributed by atoms with Gasteiger partial charge in [-0.15, -0.1) is 0 Å². The van der Waals surface area contributed by atoms with E-state index in [-0.39, 0.29) is 55.2 Å². The summed E-state index contributed by atoms with van der Waals surface area (Å²) in [4.78, 5) is 37.7. The fourth-order valence-electron chi connectivity index (χ4n) is 8.36. The second-order valence-electron chi connectivity index (χ2n) is 19.4. The minimum Gasteiger partial charge on any atom is -0.491 e. The van der Waals surface area contributed by atoms with E-state index in [9.17, 15) is 19.5 Å². The maximum atomic E-state index is 12.6. The molecule has 1 unspecified atom stereocenters. The van der Waals surface area contributed by atoms with Crippen LogP contribution in [-0.2, 0) is 40.3 Å². The van der Waals surface area contributed by atoms with Gasteiger partial charge in [-0.05, 0) is 108 Å². The maximum absolute atomic E-state index is 12.6. The van der Waals surface area contributed by atoms with Crippen molar-refractivity contribution in [2.24, 2.45) is 29.1 Å². The lowest BCUT2D eigenvalue weighted by Crippen LogP contribution is -2.42. The lowest BCUT2D eigenvalue weighted by atomic mass is 9.65. The maximum Gasteiger partial charge on any atom is 0.508 e. The van der Waals surface area contributed by atoms with Gasteiger partial charge in [-0.25, -0.2) is 9.59 Å². The van der Waals surface area contributed by atoms with Crippen LogP contribution >= 0.6 is 21.6 Å². The zero-order chi connectivity index (χ0) is 45.6. The summed E-state index contributed by atoms with van der Waals surface area (Å²) in [7, 11) is 3.01. The van der Waals surface area contributed by atoms with E-state index in [1.54, 1.807) is 24.3 Å². The Balaban J connectivity index is 0.923. The molecule has 1 N–H and O–H groups in total. The molecule has 1 fully saturated rings. The van der Waals surface area contributed by atoms with Crippen molar-refractivity contribution in [3.8, 4) is 5.75 Å². The summed E-state index contributed by atoms with van der Waals surface area (Å²) < 4.78 is 34.5. The molecular formula is C51H72O10S2. The number of aliphatic hydroxyl groups excluding tert-OH is 1. The van der Waals surface area contributed by atoms with Gasteiger partial charge in [0.25, 0.3) is 0 Å². The molecule has 3 aliphatic rings. The number of fused-ring (bicyclic) bond motifs is 1. The molecule has 1 saturated heterocycles. The Morgan fingerprint density at radius 1 is 0.921 bits per heavy atom. The van der Waals surface area contributed by atoms with Crippen LogP contribution in [0.5, 0.6) is 5.75 Å². The normalized spacial score (nSPS) is 24.1. The van der Waals surface area contributed by atoms with Crippen LogP contribution in [0.3, 0.4) is 0 Å². The number of hydrogen-bond acceptors (Lipinski definition) is 12. The molecule has 10 nitrogen and oxygen atoms in total. The fraction of sp³-hybridized carbons (Fsp3) is 0.627. The van der Waals surface area contributed by atoms with Gasteiger partial charge in [0.1, 0.15) is 37.8 Å². The molecule has 0 amide bonds. The molecule has 1 aliphatic heterocycles. The van der Waals surface area contributed by atoms with Crippen molar-refractivity contribution in [3.63, 3.8) is 0 Å². The Hall–Kier alpha value is -3.45. The van der Waals surface area contributed by atoms with Crippen LogP contribution in [0.1, 0.15) is 122 Å². The van der Waals surface area contributed by atoms with Gasteiger partial charge in [-0.1, -0.05) is 119 Å². The molecule has 5 rings (SSSR count). The van der Waals surface area contributed by atoms with Gasteiger partial charge in [0, 0.05) is 23.8 Å². The minimum atomic E-state index is -0.787. The first-order valence-corrected chi connectivity index (χ1v) is 25.4. The van der Waals surface area contributed by atoms with E-state index < -0.39 is 24.3 Å². The zero-order valence-electron chi connectivity index (χ0n) is 38.8. The number of hydrogen-bond donors (Lipinski definition) is 1. The van der Waals surface area contributed by atoms with Crippen molar-refractivity contribution in [1.29, 1.82) is 0 Å². The molecule has 2 aliphatic carbocycles. The largest absolute Gasteiger partial charge is 0.508 e. The van der Waals surface area contributed by atoms with Gasteiger partial charge in [-0.3, -0.25) is 4.79 Å². The van der Waals surface area contributed by atoms with Gasteiger partial charge in [0.15, 0.2) is 0 Å². The zero-order valence-corrected chi connectivity index (χ0v) is 40.4. The molecule has 0 saturated carbocycles. The van der Waals surface area contributed by atoms with Crippen molar-refractivity contribution < 1.29 is 47.9 Å². The van der Waals surface area contributed by atoms with Crippen LogP contribution in [-0.4, -0.2) is 85.5 Å². The van der Waals surface area contributed by atoms with E-state index in [1.807, 2.05) is 0 Å². The highest BCUT2D eigenvalue weighted by molar-refractivity contribution is 8.76. The van der Waals surface area contributed by atoms with E-state index >= 15 is 0 Å². The summed E-state index contributed by atoms with van der Waals surface area (Å²) in [5.74, 6) is 2.36. The minimum absolute atomic E-state index is 0.0184. The van der Waals surface area contributed by atoms with Crippen LogP contribution in [0, 0.1) is 29.1 Å². The van der Waals surface area contributed by atoms with Crippen molar-refractivity contribution in [1.82, 2.24) is 0 Å². The summed E-state index contributed by atoms with van der Waals surface area (Å²) in [6.07, 6.45) is 10.3. The Bertz CT molecular complexity index is 1820. The highest BCUT2D eigenvalue weighted by Crippen LogP contribution is 2.45. The number of carbonyl (C=O) groups excluding carboxylic acids is 3. The molecular weight excluding hydrogens is 837 g/mol. The molecule has 0 bridgehead atoms. The Kier molecular flexibility index (Phi) is 19.4. The lowest BCUT2D eigenvalue weighted by Gasteiger charge is -2.44. The third kappa shape index (κ3) is 16.5. The summed E-state index contributed by atoms with van der Waals surface area (Å²) in [6.45, 7) is 19.1. The van der Waals surface area contributed by atoms with Crippen LogP contribution in [0.2, 0.25) is 0 Å². The number of aryl methyl sites for hydroxylation is 1. The third-order valence-corrected chi connectivity index (χ3v) is 14.9. The molecule has 63 heavy (non-hydrogen) atoms. The molecule has 2 aromatic carbocycles. The Labute approximate surface area is 384 Å². The predicted molar refractivity (Wildman–Crippen MR) is 252 cm³/mol. The van der Waals surface area contributed by atoms with E-state index in [4.69, 9.17) is 28.4 Å². The van der Waals surface area contributed by atoms with Crippen LogP contribution in [0.4, 0.5) is 4.79 Å². The predicted octanol–water partition coefficient (Wildman–Crippen LogP) is 11.1. The Morgan fingerprint density at radius 2 is 1.62 bits per heavy atom. The van der Waals surface area contributed by atoms with Crippen molar-refractivity contribution in [3.05, 3.63) is 89.0 Å². The highest BCUT2D eigenvalue weighted by Gasteiger charge is 2.41. The molecule has 0 spiro atoms. The quantitative estimate of drug-likeness (QED) is 0.0523. The molecule has 0 radical (unpaired) electrons. The van der Waals surface area contributed by atoms with Crippen LogP contribution < -0.4 is 4.74 Å². The first kappa shape index (κ1) is 50.5. The SMILES string of the molecule is CCC(C)(C)CO[C@H]1C[C@@H](C)C=C2C=C[C@H](C)[C@H](CC[C@@H]3C[C@@H](OC(=O)OCCSSCCOC(=O)c4ccc(OCC(O)CCc5ccc(C(C)(C)C)cc5)cc4)CC(=O)O3)[C@H]21. The molecule has 12 heteroatoms. The van der Waals surface area contributed by atoms with Crippen LogP contribution in [0.15, 0.2) is 72.3 Å². The summed E-state index contributed by atoms with van der Waals surface area (Å²) in [6, 6.07) is 15.2. The highest BCUT2D eigenvalue weighted by atomic mass is 33.1. The number of aliphatic hydroxyl groups is 1. The van der Waals surface area contributed by atoms with E-state index in [2.05, 4.69) is 97.9 Å². The van der Waals surface area contributed by atoms with Crippen molar-refractivity contribution >= 4 is 39.7 Å². The first-order chi connectivity index (χ1) is 30.0.